The summed E-state index contributed by atoms with van der Waals surface area (Å²) >= 11 is 1.43. The third-order valence-corrected chi connectivity index (χ3v) is 5.74. The van der Waals surface area contributed by atoms with Crippen molar-refractivity contribution in [2.24, 2.45) is 0 Å². The molecule has 0 bridgehead atoms. The number of halogens is 2. The summed E-state index contributed by atoms with van der Waals surface area (Å²) in [4.78, 5) is 5.86. The molecule has 132 valence electrons. The number of ether oxygens (including phenoxy) is 1. The van der Waals surface area contributed by atoms with E-state index in [0.29, 0.717) is 18.2 Å². The summed E-state index contributed by atoms with van der Waals surface area (Å²) in [5.74, 6) is -0.857. The fourth-order valence-electron chi connectivity index (χ4n) is 3.65. The highest BCUT2D eigenvalue weighted by Crippen LogP contribution is 2.53. The van der Waals surface area contributed by atoms with E-state index in [9.17, 15) is 4.39 Å². The van der Waals surface area contributed by atoms with E-state index in [1.165, 1.54) is 37.0 Å². The van der Waals surface area contributed by atoms with Gasteiger partial charge in [-0.3, -0.25) is 0 Å². The first-order chi connectivity index (χ1) is 12.7. The summed E-state index contributed by atoms with van der Waals surface area (Å²) in [5, 5.41) is 1.07. The normalized spacial score (nSPS) is 15.6. The minimum atomic E-state index is -0.711. The van der Waals surface area contributed by atoms with E-state index < -0.39 is 11.8 Å². The molecule has 1 saturated carbocycles. The number of aromatic nitrogens is 2. The predicted octanol–water partition coefficient (Wildman–Crippen LogP) is 4.70. The molecule has 3 heterocycles. The molecule has 3 aromatic rings. The third-order valence-electron chi connectivity index (χ3n) is 4.89. The molecule has 0 N–H and O–H groups in total. The molecule has 5 rings (SSSR count). The molecule has 1 aliphatic carbocycles. The van der Waals surface area contributed by atoms with Crippen LogP contribution in [0.25, 0.3) is 11.1 Å². The van der Waals surface area contributed by atoms with Crippen molar-refractivity contribution in [3.63, 3.8) is 0 Å². The summed E-state index contributed by atoms with van der Waals surface area (Å²) in [6.45, 7) is 0. The van der Waals surface area contributed by atoms with Crippen molar-refractivity contribution in [1.29, 1.82) is 0 Å². The summed E-state index contributed by atoms with van der Waals surface area (Å²) in [6.07, 6.45) is 5.91. The van der Waals surface area contributed by atoms with Crippen LogP contribution >= 0.6 is 11.5 Å². The lowest BCUT2D eigenvalue weighted by Gasteiger charge is -2.33. The van der Waals surface area contributed by atoms with Gasteiger partial charge >= 0.3 is 0 Å². The van der Waals surface area contributed by atoms with Gasteiger partial charge in [0, 0.05) is 36.0 Å². The van der Waals surface area contributed by atoms with Gasteiger partial charge in [-0.15, -0.1) is 0 Å². The largest absolute Gasteiger partial charge is 0.494 e. The van der Waals surface area contributed by atoms with Crippen LogP contribution in [-0.4, -0.2) is 22.5 Å². The summed E-state index contributed by atoms with van der Waals surface area (Å²) < 4.78 is 39.3. The number of hydrogen-bond acceptors (Lipinski definition) is 5. The van der Waals surface area contributed by atoms with Crippen LogP contribution in [0.1, 0.15) is 24.0 Å². The van der Waals surface area contributed by atoms with Crippen molar-refractivity contribution in [2.45, 2.75) is 25.3 Å². The highest BCUT2D eigenvalue weighted by molar-refractivity contribution is 7.10. The molecule has 0 radical (unpaired) electrons. The molecule has 2 aliphatic rings. The van der Waals surface area contributed by atoms with Gasteiger partial charge in [-0.1, -0.05) is 0 Å². The monoisotopic (exact) mass is 371 g/mol. The fourth-order valence-corrected chi connectivity index (χ4v) is 4.50. The van der Waals surface area contributed by atoms with Crippen LogP contribution in [0, 0.1) is 11.8 Å². The number of methoxy groups -OCH3 is 1. The highest BCUT2D eigenvalue weighted by Gasteiger charge is 2.39. The van der Waals surface area contributed by atoms with Crippen LogP contribution in [0.5, 0.6) is 5.75 Å². The minimum absolute atomic E-state index is 0.107. The van der Waals surface area contributed by atoms with Gasteiger partial charge in [0.2, 0.25) is 5.95 Å². The van der Waals surface area contributed by atoms with Gasteiger partial charge in [0.15, 0.2) is 5.75 Å². The average molecular weight is 371 g/mol. The molecule has 0 atom stereocenters. The first kappa shape index (κ1) is 15.7. The fraction of sp³-hybridized carbons (Fsp3) is 0.263. The van der Waals surface area contributed by atoms with Crippen LogP contribution < -0.4 is 9.64 Å². The zero-order valence-corrected chi connectivity index (χ0v) is 14.8. The number of hydrogen-bond donors (Lipinski definition) is 0. The van der Waals surface area contributed by atoms with Gasteiger partial charge in [0.25, 0.3) is 0 Å². The minimum Gasteiger partial charge on any atom is -0.494 e. The lowest BCUT2D eigenvalue weighted by atomic mass is 9.94. The quantitative estimate of drug-likeness (QED) is 0.626. The zero-order valence-electron chi connectivity index (χ0n) is 14.0. The predicted molar refractivity (Wildman–Crippen MR) is 96.2 cm³/mol. The molecule has 1 aromatic carbocycles. The van der Waals surface area contributed by atoms with Crippen molar-refractivity contribution in [3.8, 4) is 16.9 Å². The molecule has 2 aromatic heterocycles. The van der Waals surface area contributed by atoms with Crippen LogP contribution in [0.2, 0.25) is 0 Å². The Morgan fingerprint density at radius 3 is 2.85 bits per heavy atom. The summed E-state index contributed by atoms with van der Waals surface area (Å²) in [7, 11) is 1.50. The van der Waals surface area contributed by atoms with E-state index >= 15 is 4.39 Å². The Kier molecular flexibility index (Phi) is 3.46. The molecule has 0 unspecified atom stereocenters. The molecule has 26 heavy (non-hydrogen) atoms. The van der Waals surface area contributed by atoms with Gasteiger partial charge in [0.05, 0.1) is 18.4 Å². The highest BCUT2D eigenvalue weighted by atomic mass is 32.1. The maximum Gasteiger partial charge on any atom is 0.220 e. The molecule has 0 saturated heterocycles. The second-order valence-electron chi connectivity index (χ2n) is 6.55. The number of nitrogens with zero attached hydrogens (tertiary/aromatic N) is 3. The number of rotatable bonds is 3. The van der Waals surface area contributed by atoms with E-state index in [1.807, 2.05) is 6.20 Å². The van der Waals surface area contributed by atoms with Crippen LogP contribution in [-0.2, 0) is 6.42 Å². The van der Waals surface area contributed by atoms with Gasteiger partial charge in [0.1, 0.15) is 10.8 Å². The SMILES string of the molecule is COc1c(-c2cccnc2F)c(F)cc2c1N(C1CC1)c1sncc1C2. The second kappa shape index (κ2) is 5.74. The van der Waals surface area contributed by atoms with E-state index in [-0.39, 0.29) is 11.1 Å². The Hall–Kier alpha value is -2.54. The van der Waals surface area contributed by atoms with E-state index in [2.05, 4.69) is 14.3 Å². The first-order valence-corrected chi connectivity index (χ1v) is 9.19. The Morgan fingerprint density at radius 2 is 2.12 bits per heavy atom. The number of anilines is 2. The summed E-state index contributed by atoms with van der Waals surface area (Å²) in [5.41, 5.74) is 2.99. The average Bonchev–Trinajstić information content (AvgIpc) is 3.37. The van der Waals surface area contributed by atoms with E-state index in [4.69, 9.17) is 4.74 Å². The number of fused-ring (bicyclic) bond motifs is 2. The lowest BCUT2D eigenvalue weighted by molar-refractivity contribution is 0.412. The second-order valence-corrected chi connectivity index (χ2v) is 7.33. The van der Waals surface area contributed by atoms with Crippen molar-refractivity contribution < 1.29 is 13.5 Å². The summed E-state index contributed by atoms with van der Waals surface area (Å²) in [6, 6.07) is 4.96. The molecular formula is C19H15F2N3OS. The van der Waals surface area contributed by atoms with E-state index in [0.717, 1.165) is 34.7 Å². The van der Waals surface area contributed by atoms with Crippen molar-refractivity contribution in [1.82, 2.24) is 9.36 Å². The van der Waals surface area contributed by atoms with Crippen LogP contribution in [0.3, 0.4) is 0 Å². The lowest BCUT2D eigenvalue weighted by Crippen LogP contribution is -2.25. The topological polar surface area (TPSA) is 38.2 Å². The van der Waals surface area contributed by atoms with Crippen molar-refractivity contribution in [2.75, 3.05) is 12.0 Å². The standard InChI is InChI=1S/C19H15F2N3OS/c1-25-17-15(13-3-2-6-22-18(13)21)14(20)8-10-7-11-9-23-26-19(11)24(16(10)17)12-4-5-12/h2-3,6,8-9,12H,4-5,7H2,1H3. The third kappa shape index (κ3) is 2.23. The number of benzene rings is 1. The maximum atomic E-state index is 15.0. The smallest absolute Gasteiger partial charge is 0.220 e. The molecule has 1 aliphatic heterocycles. The van der Waals surface area contributed by atoms with Crippen molar-refractivity contribution >= 4 is 22.2 Å². The molecule has 0 spiro atoms. The van der Waals surface area contributed by atoms with Gasteiger partial charge in [-0.05, 0) is 48.1 Å². The molecule has 4 nitrogen and oxygen atoms in total. The van der Waals surface area contributed by atoms with E-state index in [1.54, 1.807) is 6.07 Å². The van der Waals surface area contributed by atoms with Crippen molar-refractivity contribution in [3.05, 3.63) is 53.5 Å². The Bertz CT molecular complexity index is 1020. The van der Waals surface area contributed by atoms with Crippen LogP contribution in [0.15, 0.2) is 30.6 Å². The molecule has 7 heteroatoms. The molecular weight excluding hydrogens is 356 g/mol. The molecule has 1 fully saturated rings. The zero-order chi connectivity index (χ0) is 17.8. The van der Waals surface area contributed by atoms with Gasteiger partial charge < -0.3 is 9.64 Å². The van der Waals surface area contributed by atoms with Crippen LogP contribution in [0.4, 0.5) is 19.5 Å². The van der Waals surface area contributed by atoms with Gasteiger partial charge in [-0.25, -0.2) is 9.37 Å². The maximum absolute atomic E-state index is 15.0. The first-order valence-electron chi connectivity index (χ1n) is 8.42. The Labute approximate surface area is 153 Å². The number of pyridine rings is 1. The Morgan fingerprint density at radius 1 is 1.27 bits per heavy atom. The Balaban J connectivity index is 1.80. The van der Waals surface area contributed by atoms with Gasteiger partial charge in [-0.2, -0.15) is 8.76 Å². The molecule has 0 amide bonds.